The van der Waals surface area contributed by atoms with E-state index in [9.17, 15) is 9.90 Å². The zero-order chi connectivity index (χ0) is 18.4. The minimum absolute atomic E-state index is 0.213. The summed E-state index contributed by atoms with van der Waals surface area (Å²) in [5, 5.41) is 19.2. The van der Waals surface area contributed by atoms with Gasteiger partial charge in [0.15, 0.2) is 0 Å². The van der Waals surface area contributed by atoms with E-state index in [1.165, 1.54) is 19.3 Å². The largest absolute Gasteiger partial charge is 0.481 e. The van der Waals surface area contributed by atoms with E-state index in [0.29, 0.717) is 37.4 Å². The summed E-state index contributed by atoms with van der Waals surface area (Å²) in [4.78, 5) is 10.5. The highest BCUT2D eigenvalue weighted by Gasteiger charge is 2.47. The van der Waals surface area contributed by atoms with Gasteiger partial charge in [-0.15, -0.1) is 0 Å². The second kappa shape index (κ2) is 9.86. The number of ether oxygens (including phenoxy) is 2. The molecule has 3 fully saturated rings. The molecule has 0 amide bonds. The molecule has 3 aliphatic rings. The molecule has 1 aliphatic carbocycles. The molecule has 0 radical (unpaired) electrons. The van der Waals surface area contributed by atoms with Crippen LogP contribution in [0.15, 0.2) is 12.2 Å². The number of carboxylic acids is 1. The van der Waals surface area contributed by atoms with E-state index in [4.69, 9.17) is 14.6 Å². The van der Waals surface area contributed by atoms with Gasteiger partial charge < -0.3 is 19.7 Å². The summed E-state index contributed by atoms with van der Waals surface area (Å²) in [6, 6.07) is 0. The fourth-order valence-electron chi connectivity index (χ4n) is 4.87. The lowest BCUT2D eigenvalue weighted by molar-refractivity contribution is -0.137. The molecular formula is C21H34O5. The lowest BCUT2D eigenvalue weighted by atomic mass is 9.78. The van der Waals surface area contributed by atoms with Gasteiger partial charge in [-0.25, -0.2) is 0 Å². The SMILES string of the molecule is O=C(O)CCCCOC[C@@H]1[C@H](C=CC(O)C2CCCCC2)[C@@H]2CC[C@H]1O2. The molecule has 2 bridgehead atoms. The molecule has 26 heavy (non-hydrogen) atoms. The number of aliphatic carboxylic acids is 1. The molecule has 0 spiro atoms. The van der Waals surface area contributed by atoms with E-state index in [2.05, 4.69) is 6.08 Å². The summed E-state index contributed by atoms with van der Waals surface area (Å²) in [5.74, 6) is 0.380. The van der Waals surface area contributed by atoms with Crippen molar-refractivity contribution >= 4 is 5.97 Å². The van der Waals surface area contributed by atoms with Crippen molar-refractivity contribution in [3.8, 4) is 0 Å². The molecule has 2 aliphatic heterocycles. The van der Waals surface area contributed by atoms with Crippen LogP contribution in [0.5, 0.6) is 0 Å². The summed E-state index contributed by atoms with van der Waals surface area (Å²) in [6.07, 6.45) is 14.4. The first-order chi connectivity index (χ1) is 12.6. The second-order valence-corrected chi connectivity index (χ2v) is 8.23. The average molecular weight is 366 g/mol. The molecule has 2 N–H and O–H groups in total. The predicted molar refractivity (Wildman–Crippen MR) is 98.9 cm³/mol. The van der Waals surface area contributed by atoms with E-state index in [0.717, 1.165) is 32.1 Å². The summed E-state index contributed by atoms with van der Waals surface area (Å²) in [7, 11) is 0. The van der Waals surface area contributed by atoms with E-state index in [-0.39, 0.29) is 24.7 Å². The number of carboxylic acid groups (broad SMARTS) is 1. The van der Waals surface area contributed by atoms with Crippen molar-refractivity contribution in [3.05, 3.63) is 12.2 Å². The summed E-state index contributed by atoms with van der Waals surface area (Å²) >= 11 is 0. The summed E-state index contributed by atoms with van der Waals surface area (Å²) in [6.45, 7) is 1.28. The van der Waals surface area contributed by atoms with Crippen LogP contribution < -0.4 is 0 Å². The van der Waals surface area contributed by atoms with Gasteiger partial charge in [-0.1, -0.05) is 31.4 Å². The van der Waals surface area contributed by atoms with Gasteiger partial charge in [0.05, 0.1) is 24.9 Å². The quantitative estimate of drug-likeness (QED) is 0.457. The third-order valence-corrected chi connectivity index (χ3v) is 6.39. The van der Waals surface area contributed by atoms with Gasteiger partial charge >= 0.3 is 5.97 Å². The van der Waals surface area contributed by atoms with Crippen LogP contribution in [-0.2, 0) is 14.3 Å². The molecule has 1 unspecified atom stereocenters. The normalized spacial score (nSPS) is 33.1. The number of aliphatic hydroxyl groups excluding tert-OH is 1. The molecule has 2 saturated heterocycles. The molecule has 5 nitrogen and oxygen atoms in total. The lowest BCUT2D eigenvalue weighted by Crippen LogP contribution is -2.30. The van der Waals surface area contributed by atoms with E-state index in [1.54, 1.807) is 0 Å². The number of fused-ring (bicyclic) bond motifs is 2. The Labute approximate surface area is 156 Å². The van der Waals surface area contributed by atoms with Gasteiger partial charge in [0, 0.05) is 24.9 Å². The Hall–Kier alpha value is -0.910. The van der Waals surface area contributed by atoms with Crippen LogP contribution >= 0.6 is 0 Å². The molecule has 0 aromatic carbocycles. The topological polar surface area (TPSA) is 76.0 Å². The molecule has 3 rings (SSSR count). The maximum atomic E-state index is 10.5. The smallest absolute Gasteiger partial charge is 0.303 e. The summed E-state index contributed by atoms with van der Waals surface area (Å²) in [5.41, 5.74) is 0. The van der Waals surface area contributed by atoms with E-state index in [1.807, 2.05) is 6.08 Å². The van der Waals surface area contributed by atoms with Crippen molar-refractivity contribution in [3.63, 3.8) is 0 Å². The van der Waals surface area contributed by atoms with Crippen molar-refractivity contribution in [2.45, 2.75) is 82.5 Å². The zero-order valence-corrected chi connectivity index (χ0v) is 15.7. The molecular weight excluding hydrogens is 332 g/mol. The number of aliphatic hydroxyl groups is 1. The standard InChI is InChI=1S/C21H34O5/c22-18(15-6-2-1-3-7-15)10-9-16-17(20-12-11-19(16)26-20)14-25-13-5-4-8-21(23)24/h9-10,15-20,22H,1-8,11-14H2,(H,23,24)/t16-,17+,18?,19-,20+/m0/s1. The minimum Gasteiger partial charge on any atom is -0.481 e. The Balaban J connectivity index is 1.44. The first-order valence-electron chi connectivity index (χ1n) is 10.5. The minimum atomic E-state index is -0.742. The Morgan fingerprint density at radius 3 is 2.65 bits per heavy atom. The first-order valence-corrected chi connectivity index (χ1v) is 10.5. The van der Waals surface area contributed by atoms with Crippen LogP contribution in [0.1, 0.15) is 64.2 Å². The first kappa shape index (κ1) is 19.8. The van der Waals surface area contributed by atoms with E-state index >= 15 is 0 Å². The lowest BCUT2D eigenvalue weighted by Gasteiger charge is -2.27. The van der Waals surface area contributed by atoms with Crippen LogP contribution in [-0.4, -0.2) is 47.7 Å². The highest BCUT2D eigenvalue weighted by molar-refractivity contribution is 5.66. The van der Waals surface area contributed by atoms with Crippen LogP contribution in [0.4, 0.5) is 0 Å². The Morgan fingerprint density at radius 1 is 1.12 bits per heavy atom. The average Bonchev–Trinajstić information content (AvgIpc) is 3.24. The van der Waals surface area contributed by atoms with Crippen LogP contribution in [0.2, 0.25) is 0 Å². The van der Waals surface area contributed by atoms with Crippen molar-refractivity contribution in [2.75, 3.05) is 13.2 Å². The van der Waals surface area contributed by atoms with Crippen molar-refractivity contribution in [1.29, 1.82) is 0 Å². The summed E-state index contributed by atoms with van der Waals surface area (Å²) < 4.78 is 11.9. The number of unbranched alkanes of at least 4 members (excludes halogenated alkanes) is 1. The maximum absolute atomic E-state index is 10.5. The fraction of sp³-hybridized carbons (Fsp3) is 0.857. The van der Waals surface area contributed by atoms with Gasteiger partial charge in [-0.05, 0) is 44.4 Å². The molecule has 5 atom stereocenters. The predicted octanol–water partition coefficient (Wildman–Crippen LogP) is 3.55. The van der Waals surface area contributed by atoms with Crippen LogP contribution in [0.3, 0.4) is 0 Å². The third-order valence-electron chi connectivity index (χ3n) is 6.39. The van der Waals surface area contributed by atoms with Gasteiger partial charge in [-0.2, -0.15) is 0 Å². The molecule has 148 valence electrons. The molecule has 0 aromatic rings. The van der Waals surface area contributed by atoms with Gasteiger partial charge in [-0.3, -0.25) is 4.79 Å². The number of hydrogen-bond donors (Lipinski definition) is 2. The van der Waals surface area contributed by atoms with Crippen LogP contribution in [0, 0.1) is 17.8 Å². The Kier molecular flexibility index (Phi) is 7.52. The molecule has 1 saturated carbocycles. The maximum Gasteiger partial charge on any atom is 0.303 e. The van der Waals surface area contributed by atoms with Crippen molar-refractivity contribution in [2.24, 2.45) is 17.8 Å². The number of hydrogen-bond acceptors (Lipinski definition) is 4. The Bertz CT molecular complexity index is 471. The second-order valence-electron chi connectivity index (χ2n) is 8.23. The molecule has 0 aromatic heterocycles. The van der Waals surface area contributed by atoms with Gasteiger partial charge in [0.2, 0.25) is 0 Å². The van der Waals surface area contributed by atoms with Crippen LogP contribution in [0.25, 0.3) is 0 Å². The van der Waals surface area contributed by atoms with Gasteiger partial charge in [0.25, 0.3) is 0 Å². The monoisotopic (exact) mass is 366 g/mol. The van der Waals surface area contributed by atoms with Crippen molar-refractivity contribution in [1.82, 2.24) is 0 Å². The highest BCUT2D eigenvalue weighted by atomic mass is 16.5. The number of rotatable bonds is 10. The molecule has 5 heteroatoms. The van der Waals surface area contributed by atoms with Crippen molar-refractivity contribution < 1.29 is 24.5 Å². The highest BCUT2D eigenvalue weighted by Crippen LogP contribution is 2.44. The third kappa shape index (κ3) is 5.30. The zero-order valence-electron chi connectivity index (χ0n) is 15.7. The number of carbonyl (C=O) groups is 1. The Morgan fingerprint density at radius 2 is 1.88 bits per heavy atom. The van der Waals surface area contributed by atoms with E-state index < -0.39 is 5.97 Å². The fourth-order valence-corrected chi connectivity index (χ4v) is 4.87. The van der Waals surface area contributed by atoms with Gasteiger partial charge in [0.1, 0.15) is 0 Å². The molecule has 2 heterocycles.